The number of hydrogen-bond donors (Lipinski definition) is 2. The smallest absolute Gasteiger partial charge is 0.134 e. The number of hydrogen-bond acceptors (Lipinski definition) is 2. The predicted molar refractivity (Wildman–Crippen MR) is 78.7 cm³/mol. The van der Waals surface area contributed by atoms with Gasteiger partial charge in [0.05, 0.1) is 4.47 Å². The van der Waals surface area contributed by atoms with Crippen LogP contribution in [-0.2, 0) is 6.54 Å². The molecule has 1 aliphatic carbocycles. The molecule has 0 heterocycles. The molecule has 1 fully saturated rings. The lowest BCUT2D eigenvalue weighted by atomic mass is 10.0. The van der Waals surface area contributed by atoms with Gasteiger partial charge in [-0.1, -0.05) is 31.9 Å². The lowest BCUT2D eigenvalue weighted by Gasteiger charge is -2.17. The molecule has 0 spiro atoms. The van der Waals surface area contributed by atoms with Crippen molar-refractivity contribution in [2.45, 2.75) is 51.6 Å². The van der Waals surface area contributed by atoms with Crippen molar-refractivity contribution in [2.24, 2.45) is 5.92 Å². The zero-order valence-corrected chi connectivity index (χ0v) is 12.5. The van der Waals surface area contributed by atoms with Crippen molar-refractivity contribution in [3.8, 4) is 5.75 Å². The van der Waals surface area contributed by atoms with Crippen LogP contribution in [0.15, 0.2) is 22.7 Å². The topological polar surface area (TPSA) is 32.3 Å². The molecular formula is C15H22BrNO. The molecule has 18 heavy (non-hydrogen) atoms. The molecule has 1 saturated carbocycles. The first-order chi connectivity index (χ1) is 8.66. The quantitative estimate of drug-likeness (QED) is 0.819. The summed E-state index contributed by atoms with van der Waals surface area (Å²) in [4.78, 5) is 0. The maximum Gasteiger partial charge on any atom is 0.134 e. The molecule has 0 bridgehead atoms. The normalized spacial score (nSPS) is 24.8. The summed E-state index contributed by atoms with van der Waals surface area (Å²) >= 11 is 3.35. The van der Waals surface area contributed by atoms with Crippen molar-refractivity contribution in [1.29, 1.82) is 0 Å². The fourth-order valence-electron chi connectivity index (χ4n) is 2.65. The van der Waals surface area contributed by atoms with Gasteiger partial charge in [0, 0.05) is 18.2 Å². The van der Waals surface area contributed by atoms with E-state index in [2.05, 4.69) is 28.2 Å². The van der Waals surface area contributed by atoms with E-state index in [1.54, 1.807) is 0 Å². The maximum absolute atomic E-state index is 9.94. The van der Waals surface area contributed by atoms with Crippen molar-refractivity contribution in [3.63, 3.8) is 0 Å². The monoisotopic (exact) mass is 311 g/mol. The minimum Gasteiger partial charge on any atom is -0.506 e. The van der Waals surface area contributed by atoms with Crippen molar-refractivity contribution in [3.05, 3.63) is 28.2 Å². The zero-order valence-electron chi connectivity index (χ0n) is 11.0. The summed E-state index contributed by atoms with van der Waals surface area (Å²) in [7, 11) is 0. The van der Waals surface area contributed by atoms with Crippen molar-refractivity contribution in [2.75, 3.05) is 0 Å². The summed E-state index contributed by atoms with van der Waals surface area (Å²) in [5.41, 5.74) is 0.974. The summed E-state index contributed by atoms with van der Waals surface area (Å²) in [5.74, 6) is 1.24. The van der Waals surface area contributed by atoms with Gasteiger partial charge in [-0.05, 0) is 47.2 Å². The van der Waals surface area contributed by atoms with E-state index in [4.69, 9.17) is 0 Å². The SMILES string of the molecule is CC1CCCC(NCc2cccc(Br)c2O)CC1. The van der Waals surface area contributed by atoms with Crippen LogP contribution in [0.1, 0.15) is 44.6 Å². The van der Waals surface area contributed by atoms with Crippen molar-refractivity contribution in [1.82, 2.24) is 5.32 Å². The summed E-state index contributed by atoms with van der Waals surface area (Å²) in [5, 5.41) is 13.5. The molecule has 2 unspecified atom stereocenters. The van der Waals surface area contributed by atoms with Gasteiger partial charge in [0.25, 0.3) is 0 Å². The third-order valence-electron chi connectivity index (χ3n) is 3.91. The van der Waals surface area contributed by atoms with E-state index in [1.165, 1.54) is 32.1 Å². The summed E-state index contributed by atoms with van der Waals surface area (Å²) in [6.07, 6.45) is 6.53. The van der Waals surface area contributed by atoms with Gasteiger partial charge in [0.1, 0.15) is 5.75 Å². The maximum atomic E-state index is 9.94. The Kier molecular flexibility index (Phi) is 5.07. The van der Waals surface area contributed by atoms with Gasteiger partial charge in [-0.15, -0.1) is 0 Å². The molecular weight excluding hydrogens is 290 g/mol. The van der Waals surface area contributed by atoms with Gasteiger partial charge in [0.2, 0.25) is 0 Å². The van der Waals surface area contributed by atoms with Crippen LogP contribution in [0.25, 0.3) is 0 Å². The highest BCUT2D eigenvalue weighted by Gasteiger charge is 2.16. The summed E-state index contributed by atoms with van der Waals surface area (Å²) < 4.78 is 0.774. The highest BCUT2D eigenvalue weighted by Crippen LogP contribution is 2.28. The first-order valence-electron chi connectivity index (χ1n) is 6.86. The molecule has 100 valence electrons. The van der Waals surface area contributed by atoms with Crippen LogP contribution in [0.2, 0.25) is 0 Å². The van der Waals surface area contributed by atoms with Gasteiger partial charge < -0.3 is 10.4 Å². The lowest BCUT2D eigenvalue weighted by Crippen LogP contribution is -2.28. The zero-order chi connectivity index (χ0) is 13.0. The van der Waals surface area contributed by atoms with Crippen LogP contribution in [0.5, 0.6) is 5.75 Å². The van der Waals surface area contributed by atoms with Crippen LogP contribution < -0.4 is 5.32 Å². The number of nitrogens with one attached hydrogen (secondary N) is 1. The number of phenolic OH excluding ortho intramolecular Hbond substituents is 1. The molecule has 2 atom stereocenters. The number of phenols is 1. The molecule has 0 amide bonds. The van der Waals surface area contributed by atoms with Gasteiger partial charge in [0.15, 0.2) is 0 Å². The second kappa shape index (κ2) is 6.58. The lowest BCUT2D eigenvalue weighted by molar-refractivity contribution is 0.430. The number of halogens is 1. The van der Waals surface area contributed by atoms with Gasteiger partial charge in [-0.2, -0.15) is 0 Å². The van der Waals surface area contributed by atoms with E-state index in [9.17, 15) is 5.11 Å². The average Bonchev–Trinajstić information content (AvgIpc) is 2.56. The Labute approximate surface area is 118 Å². The van der Waals surface area contributed by atoms with Gasteiger partial charge in [-0.3, -0.25) is 0 Å². The average molecular weight is 312 g/mol. The highest BCUT2D eigenvalue weighted by atomic mass is 79.9. The minimum absolute atomic E-state index is 0.368. The van der Waals surface area contributed by atoms with Gasteiger partial charge >= 0.3 is 0 Å². The number of rotatable bonds is 3. The first kappa shape index (κ1) is 13.9. The molecule has 1 aromatic rings. The molecule has 2 nitrogen and oxygen atoms in total. The Bertz CT molecular complexity index is 394. The first-order valence-corrected chi connectivity index (χ1v) is 7.66. The Hall–Kier alpha value is -0.540. The van der Waals surface area contributed by atoms with Crippen molar-refractivity contribution < 1.29 is 5.11 Å². The Balaban J connectivity index is 1.89. The number of aromatic hydroxyl groups is 1. The largest absolute Gasteiger partial charge is 0.506 e. The fourth-order valence-corrected chi connectivity index (χ4v) is 3.06. The van der Waals surface area contributed by atoms with Crippen LogP contribution in [0, 0.1) is 5.92 Å². The van der Waals surface area contributed by atoms with Gasteiger partial charge in [-0.25, -0.2) is 0 Å². The second-order valence-corrected chi connectivity index (χ2v) is 6.29. The highest BCUT2D eigenvalue weighted by molar-refractivity contribution is 9.10. The molecule has 1 aromatic carbocycles. The molecule has 0 aliphatic heterocycles. The Morgan fingerprint density at radius 1 is 1.28 bits per heavy atom. The predicted octanol–water partition coefficient (Wildman–Crippen LogP) is 4.21. The van der Waals surface area contributed by atoms with E-state index in [0.717, 1.165) is 22.5 Å². The molecule has 2 rings (SSSR count). The van der Waals surface area contributed by atoms with E-state index >= 15 is 0 Å². The van der Waals surface area contributed by atoms with Crippen molar-refractivity contribution >= 4 is 15.9 Å². The standard InChI is InChI=1S/C15H22BrNO/c1-11-4-2-6-13(9-8-11)17-10-12-5-3-7-14(16)15(12)18/h3,5,7,11,13,17-18H,2,4,6,8-10H2,1H3. The third-order valence-corrected chi connectivity index (χ3v) is 4.55. The molecule has 0 radical (unpaired) electrons. The fraction of sp³-hybridized carbons (Fsp3) is 0.600. The molecule has 0 aromatic heterocycles. The number of para-hydroxylation sites is 1. The summed E-state index contributed by atoms with van der Waals surface area (Å²) in [6.45, 7) is 3.10. The molecule has 2 N–H and O–H groups in total. The van der Waals surface area contributed by atoms with E-state index in [-0.39, 0.29) is 0 Å². The van der Waals surface area contributed by atoms with Crippen LogP contribution >= 0.6 is 15.9 Å². The Morgan fingerprint density at radius 3 is 2.94 bits per heavy atom. The number of benzene rings is 1. The molecule has 1 aliphatic rings. The second-order valence-electron chi connectivity index (χ2n) is 5.44. The minimum atomic E-state index is 0.368. The van der Waals surface area contributed by atoms with Crippen LogP contribution in [-0.4, -0.2) is 11.1 Å². The summed E-state index contributed by atoms with van der Waals surface area (Å²) in [6, 6.07) is 6.42. The van der Waals surface area contributed by atoms with E-state index in [0.29, 0.717) is 11.8 Å². The van der Waals surface area contributed by atoms with E-state index < -0.39 is 0 Å². The molecule has 3 heteroatoms. The van der Waals surface area contributed by atoms with Crippen LogP contribution in [0.4, 0.5) is 0 Å². The third kappa shape index (κ3) is 3.72. The van der Waals surface area contributed by atoms with Crippen LogP contribution in [0.3, 0.4) is 0 Å². The molecule has 0 saturated heterocycles. The Morgan fingerprint density at radius 2 is 2.11 bits per heavy atom. The van der Waals surface area contributed by atoms with E-state index in [1.807, 2.05) is 18.2 Å².